The summed E-state index contributed by atoms with van der Waals surface area (Å²) in [6.45, 7) is 1.91. The number of methoxy groups -OCH3 is 1. The average molecular weight is 408 g/mol. The van der Waals surface area contributed by atoms with Crippen LogP contribution in [0.5, 0.6) is 5.75 Å². The monoisotopic (exact) mass is 407 g/mol. The maximum absolute atomic E-state index is 13.4. The lowest BCUT2D eigenvalue weighted by atomic mass is 10.1. The van der Waals surface area contributed by atoms with Crippen LogP contribution in [0.1, 0.15) is 28.9 Å². The maximum atomic E-state index is 13.4. The number of aromatic amines is 1. The molecule has 6 heteroatoms. The number of carbonyl (C=O) groups is 1. The molecule has 158 valence electrons. The van der Waals surface area contributed by atoms with Crippen LogP contribution in [-0.2, 0) is 11.3 Å². The molecular weight excluding hydrogens is 378 g/mol. The number of hydrogen-bond acceptors (Lipinski definition) is 4. The Labute approximate surface area is 177 Å². The van der Waals surface area contributed by atoms with Crippen molar-refractivity contribution in [2.24, 2.45) is 0 Å². The zero-order valence-corrected chi connectivity index (χ0v) is 17.9. The van der Waals surface area contributed by atoms with E-state index in [1.807, 2.05) is 43.3 Å². The lowest BCUT2D eigenvalue weighted by molar-refractivity contribution is 0.0503. The van der Waals surface area contributed by atoms with Crippen LogP contribution in [0.2, 0.25) is 0 Å². The lowest BCUT2D eigenvalue weighted by Crippen LogP contribution is -2.37. The smallest absolute Gasteiger partial charge is 0.270 e. The van der Waals surface area contributed by atoms with Gasteiger partial charge < -0.3 is 24.3 Å². The molecule has 30 heavy (non-hydrogen) atoms. The standard InChI is InChI=1S/C24H29N3O3/c1-26(2)19-9-6-17(7-10-19)15-27(16-21-5-4-12-30-21)24(28)23-13-18-8-11-20(29-3)14-22(18)25-23/h6-11,13-14,21,25H,4-5,12,15-16H2,1-3H3. The van der Waals surface area contributed by atoms with Crippen molar-refractivity contribution < 1.29 is 14.3 Å². The van der Waals surface area contributed by atoms with E-state index in [2.05, 4.69) is 34.1 Å². The topological polar surface area (TPSA) is 57.8 Å². The van der Waals surface area contributed by atoms with Crippen LogP contribution in [0, 0.1) is 0 Å². The van der Waals surface area contributed by atoms with Crippen molar-refractivity contribution in [2.45, 2.75) is 25.5 Å². The normalized spacial score (nSPS) is 16.0. The highest BCUT2D eigenvalue weighted by atomic mass is 16.5. The fourth-order valence-corrected chi connectivity index (χ4v) is 3.89. The van der Waals surface area contributed by atoms with Gasteiger partial charge in [-0.05, 0) is 48.7 Å². The molecule has 1 aromatic heterocycles. The van der Waals surface area contributed by atoms with E-state index in [1.165, 1.54) is 0 Å². The summed E-state index contributed by atoms with van der Waals surface area (Å²) in [4.78, 5) is 20.7. The molecule has 0 radical (unpaired) electrons. The van der Waals surface area contributed by atoms with Gasteiger partial charge in [0.1, 0.15) is 11.4 Å². The first kappa shape index (κ1) is 20.3. The van der Waals surface area contributed by atoms with Crippen LogP contribution in [0.3, 0.4) is 0 Å². The minimum Gasteiger partial charge on any atom is -0.497 e. The quantitative estimate of drug-likeness (QED) is 0.642. The predicted octanol–water partition coefficient (Wildman–Crippen LogP) is 4.06. The van der Waals surface area contributed by atoms with Crippen molar-refractivity contribution in [2.75, 3.05) is 39.3 Å². The number of amides is 1. The molecule has 1 fully saturated rings. The van der Waals surface area contributed by atoms with E-state index in [-0.39, 0.29) is 12.0 Å². The molecule has 2 heterocycles. The number of fused-ring (bicyclic) bond motifs is 1. The van der Waals surface area contributed by atoms with E-state index in [0.29, 0.717) is 18.8 Å². The summed E-state index contributed by atoms with van der Waals surface area (Å²) in [5.74, 6) is 0.748. The van der Waals surface area contributed by atoms with Gasteiger partial charge in [-0.15, -0.1) is 0 Å². The van der Waals surface area contributed by atoms with Crippen LogP contribution >= 0.6 is 0 Å². The van der Waals surface area contributed by atoms with E-state index >= 15 is 0 Å². The molecule has 0 bridgehead atoms. The van der Waals surface area contributed by atoms with Gasteiger partial charge in [0, 0.05) is 56.4 Å². The largest absolute Gasteiger partial charge is 0.497 e. The number of hydrogen-bond donors (Lipinski definition) is 1. The summed E-state index contributed by atoms with van der Waals surface area (Å²) in [5.41, 5.74) is 3.72. The van der Waals surface area contributed by atoms with E-state index in [9.17, 15) is 4.79 Å². The Morgan fingerprint density at radius 1 is 1.17 bits per heavy atom. The number of benzene rings is 2. The van der Waals surface area contributed by atoms with Crippen molar-refractivity contribution in [1.82, 2.24) is 9.88 Å². The van der Waals surface area contributed by atoms with Gasteiger partial charge in [-0.25, -0.2) is 0 Å². The molecule has 1 N–H and O–H groups in total. The minimum atomic E-state index is -0.0163. The molecule has 3 aromatic rings. The van der Waals surface area contributed by atoms with Crippen molar-refractivity contribution in [1.29, 1.82) is 0 Å². The summed E-state index contributed by atoms with van der Waals surface area (Å²) in [6, 6.07) is 16.0. The molecule has 0 aliphatic carbocycles. The molecule has 2 aromatic carbocycles. The second-order valence-corrected chi connectivity index (χ2v) is 8.02. The Morgan fingerprint density at radius 3 is 2.63 bits per heavy atom. The zero-order valence-electron chi connectivity index (χ0n) is 17.9. The number of nitrogens with zero attached hydrogens (tertiary/aromatic N) is 2. The molecule has 1 aliphatic rings. The molecule has 1 aliphatic heterocycles. The molecule has 1 amide bonds. The first-order chi connectivity index (χ1) is 14.5. The fraction of sp³-hybridized carbons (Fsp3) is 0.375. The Bertz CT molecular complexity index is 1000. The predicted molar refractivity (Wildman–Crippen MR) is 119 cm³/mol. The molecule has 1 unspecified atom stereocenters. The summed E-state index contributed by atoms with van der Waals surface area (Å²) >= 11 is 0. The van der Waals surface area contributed by atoms with Crippen LogP contribution in [-0.4, -0.2) is 56.3 Å². The number of ether oxygens (including phenoxy) is 2. The lowest BCUT2D eigenvalue weighted by Gasteiger charge is -2.25. The van der Waals surface area contributed by atoms with E-state index in [4.69, 9.17) is 9.47 Å². The highest BCUT2D eigenvalue weighted by molar-refractivity contribution is 5.98. The van der Waals surface area contributed by atoms with Gasteiger partial charge in [0.2, 0.25) is 0 Å². The SMILES string of the molecule is COc1ccc2cc(C(=O)N(Cc3ccc(N(C)C)cc3)CC3CCCO3)[nH]c2c1. The third kappa shape index (κ3) is 4.44. The second-order valence-electron chi connectivity index (χ2n) is 8.02. The minimum absolute atomic E-state index is 0.0163. The molecule has 4 rings (SSSR count). The number of aromatic nitrogens is 1. The number of anilines is 1. The first-order valence-corrected chi connectivity index (χ1v) is 10.4. The Hall–Kier alpha value is -2.99. The molecule has 0 saturated carbocycles. The summed E-state index contributed by atoms with van der Waals surface area (Å²) in [7, 11) is 5.68. The van der Waals surface area contributed by atoms with Crippen LogP contribution < -0.4 is 9.64 Å². The van der Waals surface area contributed by atoms with Crippen molar-refractivity contribution in [3.63, 3.8) is 0 Å². The van der Waals surface area contributed by atoms with Crippen LogP contribution in [0.25, 0.3) is 10.9 Å². The van der Waals surface area contributed by atoms with Gasteiger partial charge in [0.15, 0.2) is 0 Å². The van der Waals surface area contributed by atoms with Crippen molar-refractivity contribution in [3.05, 3.63) is 59.8 Å². The highest BCUT2D eigenvalue weighted by Crippen LogP contribution is 2.24. The molecular formula is C24H29N3O3. The average Bonchev–Trinajstić information content (AvgIpc) is 3.42. The summed E-state index contributed by atoms with van der Waals surface area (Å²) in [6.07, 6.45) is 2.14. The van der Waals surface area contributed by atoms with Gasteiger partial charge in [0.25, 0.3) is 5.91 Å². The number of carbonyl (C=O) groups excluding carboxylic acids is 1. The summed E-state index contributed by atoms with van der Waals surface area (Å²) < 4.78 is 11.1. The van der Waals surface area contributed by atoms with Gasteiger partial charge in [-0.3, -0.25) is 4.79 Å². The molecule has 1 atom stereocenters. The van der Waals surface area contributed by atoms with Gasteiger partial charge >= 0.3 is 0 Å². The van der Waals surface area contributed by atoms with Crippen LogP contribution in [0.4, 0.5) is 5.69 Å². The van der Waals surface area contributed by atoms with E-state index in [1.54, 1.807) is 7.11 Å². The van der Waals surface area contributed by atoms with Gasteiger partial charge in [-0.2, -0.15) is 0 Å². The second kappa shape index (κ2) is 8.79. The maximum Gasteiger partial charge on any atom is 0.270 e. The first-order valence-electron chi connectivity index (χ1n) is 10.4. The third-order valence-corrected chi connectivity index (χ3v) is 5.62. The molecule has 0 spiro atoms. The van der Waals surface area contributed by atoms with Gasteiger partial charge in [0.05, 0.1) is 13.2 Å². The van der Waals surface area contributed by atoms with Crippen molar-refractivity contribution in [3.8, 4) is 5.75 Å². The summed E-state index contributed by atoms with van der Waals surface area (Å²) in [5, 5.41) is 0.992. The van der Waals surface area contributed by atoms with Crippen molar-refractivity contribution >= 4 is 22.5 Å². The Kier molecular flexibility index (Phi) is 5.95. The third-order valence-electron chi connectivity index (χ3n) is 5.62. The van der Waals surface area contributed by atoms with E-state index in [0.717, 1.165) is 47.4 Å². The molecule has 6 nitrogen and oxygen atoms in total. The van der Waals surface area contributed by atoms with E-state index < -0.39 is 0 Å². The molecule has 1 saturated heterocycles. The number of rotatable bonds is 7. The number of H-pyrrole nitrogens is 1. The van der Waals surface area contributed by atoms with Gasteiger partial charge in [-0.1, -0.05) is 12.1 Å². The zero-order chi connectivity index (χ0) is 21.1. The Balaban J connectivity index is 1.58. The number of nitrogens with one attached hydrogen (secondary N) is 1. The Morgan fingerprint density at radius 2 is 1.97 bits per heavy atom. The highest BCUT2D eigenvalue weighted by Gasteiger charge is 2.25. The van der Waals surface area contributed by atoms with Crippen LogP contribution in [0.15, 0.2) is 48.5 Å². The fourth-order valence-electron chi connectivity index (χ4n) is 3.89.